The summed E-state index contributed by atoms with van der Waals surface area (Å²) in [5, 5.41) is 0.542. The van der Waals surface area contributed by atoms with Crippen molar-refractivity contribution in [1.29, 1.82) is 0 Å². The van der Waals surface area contributed by atoms with E-state index in [4.69, 9.17) is 0 Å². The second kappa shape index (κ2) is 6.35. The molecule has 0 radical (unpaired) electrons. The topological polar surface area (TPSA) is 17.1 Å². The zero-order valence-corrected chi connectivity index (χ0v) is 11.1. The average molecular weight is 309 g/mol. The zero-order chi connectivity index (χ0) is 12.1. The maximum absolute atomic E-state index is 12.7. The van der Waals surface area contributed by atoms with E-state index in [-0.39, 0.29) is 11.3 Å². The number of carbonyl (C=O) groups excluding carboxylic acids is 1. The minimum Gasteiger partial charge on any atom is -0.294 e. The van der Waals surface area contributed by atoms with Crippen LogP contribution in [-0.4, -0.2) is 17.4 Å². The lowest BCUT2D eigenvalue weighted by Gasteiger charge is -2.08. The lowest BCUT2D eigenvalue weighted by atomic mass is 10.1. The van der Waals surface area contributed by atoms with Gasteiger partial charge in [-0.3, -0.25) is 4.79 Å². The van der Waals surface area contributed by atoms with Crippen molar-refractivity contribution in [2.75, 3.05) is 11.6 Å². The van der Waals surface area contributed by atoms with Gasteiger partial charge in [-0.2, -0.15) is 0 Å². The van der Waals surface area contributed by atoms with Crippen LogP contribution in [0.1, 0.15) is 28.8 Å². The molecule has 1 aromatic rings. The molecule has 1 nitrogen and oxygen atoms in total. The van der Waals surface area contributed by atoms with E-state index in [1.807, 2.05) is 0 Å². The summed E-state index contributed by atoms with van der Waals surface area (Å²) in [4.78, 5) is 12.1. The monoisotopic (exact) mass is 308 g/mol. The molecule has 0 aromatic heterocycles. The largest absolute Gasteiger partial charge is 0.294 e. The first-order valence-electron chi connectivity index (χ1n) is 4.65. The van der Waals surface area contributed by atoms with Crippen LogP contribution in [-0.2, 0) is 0 Å². The summed E-state index contributed by atoms with van der Waals surface area (Å²) in [5.74, 6) is -0.119. The summed E-state index contributed by atoms with van der Waals surface area (Å²) >= 11 is 4.41. The fraction of sp³-hybridized carbons (Fsp3) is 0.364. The molecule has 0 saturated heterocycles. The van der Waals surface area contributed by atoms with E-state index in [1.165, 1.54) is 17.8 Å². The normalized spacial score (nSPS) is 10.8. The number of thioether (sulfide) groups is 1. The Hall–Kier alpha value is -0.420. The number of halogens is 3. The summed E-state index contributed by atoms with van der Waals surface area (Å²) in [6, 6.07) is 4.47. The molecular weight excluding hydrogens is 298 g/mol. The van der Waals surface area contributed by atoms with E-state index >= 15 is 0 Å². The molecule has 0 N–H and O–H groups in total. The van der Waals surface area contributed by atoms with Gasteiger partial charge in [0.25, 0.3) is 6.43 Å². The standard InChI is InChI=1S/C11H11BrF2OS/c1-16-10-3-2-7(9(15)4-5-12)6-8(10)11(13)14/h2-3,6,11H,4-5H2,1H3. The quantitative estimate of drug-likeness (QED) is 0.458. The Labute approximate surface area is 106 Å². The van der Waals surface area contributed by atoms with Crippen molar-refractivity contribution in [3.8, 4) is 0 Å². The third-order valence-electron chi connectivity index (χ3n) is 2.11. The molecule has 0 aliphatic heterocycles. The van der Waals surface area contributed by atoms with Crippen LogP contribution < -0.4 is 0 Å². The molecular formula is C11H11BrF2OS. The van der Waals surface area contributed by atoms with Gasteiger partial charge in [-0.05, 0) is 18.4 Å². The van der Waals surface area contributed by atoms with E-state index in [9.17, 15) is 13.6 Å². The van der Waals surface area contributed by atoms with Gasteiger partial charge in [0.15, 0.2) is 5.78 Å². The molecule has 0 amide bonds. The van der Waals surface area contributed by atoms with Crippen LogP contribution >= 0.6 is 27.7 Å². The molecule has 0 aliphatic rings. The highest BCUT2D eigenvalue weighted by Gasteiger charge is 2.15. The average Bonchev–Trinajstić information content (AvgIpc) is 2.28. The van der Waals surface area contributed by atoms with Gasteiger partial charge in [-0.1, -0.05) is 22.0 Å². The molecule has 0 heterocycles. The van der Waals surface area contributed by atoms with E-state index in [0.29, 0.717) is 22.2 Å². The maximum Gasteiger partial charge on any atom is 0.264 e. The molecule has 16 heavy (non-hydrogen) atoms. The van der Waals surface area contributed by atoms with Gasteiger partial charge >= 0.3 is 0 Å². The van der Waals surface area contributed by atoms with Crippen LogP contribution in [0, 0.1) is 0 Å². The highest BCUT2D eigenvalue weighted by molar-refractivity contribution is 9.09. The second-order valence-corrected chi connectivity index (χ2v) is 4.76. The van der Waals surface area contributed by atoms with Crippen LogP contribution in [0.4, 0.5) is 8.78 Å². The molecule has 1 aromatic carbocycles. The molecule has 0 saturated carbocycles. The van der Waals surface area contributed by atoms with Gasteiger partial charge < -0.3 is 0 Å². The minimum atomic E-state index is -2.54. The number of hydrogen-bond donors (Lipinski definition) is 0. The van der Waals surface area contributed by atoms with Crippen molar-refractivity contribution < 1.29 is 13.6 Å². The van der Waals surface area contributed by atoms with Crippen molar-refractivity contribution in [3.63, 3.8) is 0 Å². The smallest absolute Gasteiger partial charge is 0.264 e. The third kappa shape index (κ3) is 3.28. The molecule has 0 atom stereocenters. The van der Waals surface area contributed by atoms with E-state index in [1.54, 1.807) is 18.4 Å². The van der Waals surface area contributed by atoms with E-state index in [0.717, 1.165) is 0 Å². The Balaban J connectivity index is 3.06. The van der Waals surface area contributed by atoms with Crippen LogP contribution in [0.2, 0.25) is 0 Å². The van der Waals surface area contributed by atoms with Crippen molar-refractivity contribution in [1.82, 2.24) is 0 Å². The number of ketones is 1. The first-order chi connectivity index (χ1) is 7.60. The van der Waals surface area contributed by atoms with E-state index < -0.39 is 6.43 Å². The number of hydrogen-bond acceptors (Lipinski definition) is 2. The molecule has 0 unspecified atom stereocenters. The van der Waals surface area contributed by atoms with Gasteiger partial charge in [-0.25, -0.2) is 8.78 Å². The Kier molecular flexibility index (Phi) is 5.41. The van der Waals surface area contributed by atoms with Crippen molar-refractivity contribution >= 4 is 33.5 Å². The number of carbonyl (C=O) groups is 1. The molecule has 5 heteroatoms. The molecule has 0 spiro atoms. The zero-order valence-electron chi connectivity index (χ0n) is 8.67. The van der Waals surface area contributed by atoms with E-state index in [2.05, 4.69) is 15.9 Å². The maximum atomic E-state index is 12.7. The van der Waals surface area contributed by atoms with Crippen LogP contribution in [0.5, 0.6) is 0 Å². The number of benzene rings is 1. The van der Waals surface area contributed by atoms with Gasteiger partial charge in [-0.15, -0.1) is 11.8 Å². The second-order valence-electron chi connectivity index (χ2n) is 3.12. The van der Waals surface area contributed by atoms with Crippen LogP contribution in [0.25, 0.3) is 0 Å². The van der Waals surface area contributed by atoms with Crippen molar-refractivity contribution in [2.24, 2.45) is 0 Å². The molecule has 1 rings (SSSR count). The van der Waals surface area contributed by atoms with Crippen LogP contribution in [0.15, 0.2) is 23.1 Å². The van der Waals surface area contributed by atoms with Crippen molar-refractivity contribution in [3.05, 3.63) is 29.3 Å². The predicted octanol–water partition coefficient (Wildman–Crippen LogP) is 4.31. The fourth-order valence-corrected chi connectivity index (χ4v) is 2.26. The Morgan fingerprint density at radius 3 is 2.69 bits per heavy atom. The van der Waals surface area contributed by atoms with Crippen LogP contribution in [0.3, 0.4) is 0 Å². The predicted molar refractivity (Wildman–Crippen MR) is 65.9 cm³/mol. The molecule has 0 aliphatic carbocycles. The summed E-state index contributed by atoms with van der Waals surface area (Å²) in [7, 11) is 0. The molecule has 0 fully saturated rings. The lowest BCUT2D eigenvalue weighted by Crippen LogP contribution is -2.01. The SMILES string of the molecule is CSc1ccc(C(=O)CCBr)cc1C(F)F. The highest BCUT2D eigenvalue weighted by Crippen LogP contribution is 2.30. The number of rotatable bonds is 5. The minimum absolute atomic E-state index is 0.0621. The van der Waals surface area contributed by atoms with Gasteiger partial charge in [0.05, 0.1) is 0 Å². The Morgan fingerprint density at radius 2 is 2.19 bits per heavy atom. The summed E-state index contributed by atoms with van der Waals surface area (Å²) < 4.78 is 25.4. The van der Waals surface area contributed by atoms with Gasteiger partial charge in [0, 0.05) is 27.8 Å². The summed E-state index contributed by atoms with van der Waals surface area (Å²) in [5.41, 5.74) is 0.292. The van der Waals surface area contributed by atoms with Gasteiger partial charge in [0.2, 0.25) is 0 Å². The number of Topliss-reactive ketones (excluding diaryl/α,β-unsaturated/α-hetero) is 1. The summed E-state index contributed by atoms with van der Waals surface area (Å²) in [6.45, 7) is 0. The molecule has 88 valence electrons. The number of alkyl halides is 3. The third-order valence-corrected chi connectivity index (χ3v) is 3.32. The fourth-order valence-electron chi connectivity index (χ4n) is 1.31. The Morgan fingerprint density at radius 1 is 1.50 bits per heavy atom. The van der Waals surface area contributed by atoms with Crippen molar-refractivity contribution in [2.45, 2.75) is 17.7 Å². The lowest BCUT2D eigenvalue weighted by molar-refractivity contribution is 0.0989. The summed E-state index contributed by atoms with van der Waals surface area (Å²) in [6.07, 6.45) is -0.484. The molecule has 0 bridgehead atoms. The first-order valence-corrected chi connectivity index (χ1v) is 7.00. The van der Waals surface area contributed by atoms with Gasteiger partial charge in [0.1, 0.15) is 0 Å². The Bertz CT molecular complexity index is 382. The first kappa shape index (κ1) is 13.6. The highest BCUT2D eigenvalue weighted by atomic mass is 79.9.